The number of methoxy groups -OCH3 is 2. The smallest absolute Gasteiger partial charge is 0.291 e. The van der Waals surface area contributed by atoms with E-state index in [0.717, 1.165) is 82.1 Å². The van der Waals surface area contributed by atoms with Gasteiger partial charge in [0, 0.05) is 38.7 Å². The first-order valence-corrected chi connectivity index (χ1v) is 14.7. The lowest BCUT2D eigenvalue weighted by atomic mass is 9.81. The summed E-state index contributed by atoms with van der Waals surface area (Å²) in [7, 11) is 3.49. The summed E-state index contributed by atoms with van der Waals surface area (Å²) in [6.45, 7) is 6.44. The number of nitrogens with one attached hydrogen (secondary N) is 2. The highest BCUT2D eigenvalue weighted by Gasteiger charge is 2.38. The molecule has 2 heterocycles. The van der Waals surface area contributed by atoms with Gasteiger partial charge in [0.25, 0.3) is 5.91 Å². The molecule has 8 heteroatoms. The van der Waals surface area contributed by atoms with Crippen LogP contribution in [0.1, 0.15) is 111 Å². The Kier molecular flexibility index (Phi) is 12.9. The van der Waals surface area contributed by atoms with E-state index < -0.39 is 0 Å². The molecule has 1 aliphatic rings. The van der Waals surface area contributed by atoms with Gasteiger partial charge in [-0.25, -0.2) is 4.98 Å². The minimum Gasteiger partial charge on any atom is -0.385 e. The first-order valence-electron chi connectivity index (χ1n) is 14.7. The van der Waals surface area contributed by atoms with E-state index in [4.69, 9.17) is 19.5 Å². The molecule has 2 aromatic rings. The molecule has 0 radical (unpaired) electrons. The van der Waals surface area contributed by atoms with Gasteiger partial charge in [-0.2, -0.15) is 5.26 Å². The number of amides is 1. The number of nitrogens with zero attached hydrogens (tertiary/aromatic N) is 2. The molecule has 0 bridgehead atoms. The number of rotatable bonds is 17. The highest BCUT2D eigenvalue weighted by atomic mass is 16.5. The second kappa shape index (κ2) is 16.3. The molecule has 0 spiro atoms. The number of allylic oxidation sites excluding steroid dienone is 2. The van der Waals surface area contributed by atoms with Crippen LogP contribution in [-0.2, 0) is 14.2 Å². The van der Waals surface area contributed by atoms with Gasteiger partial charge in [-0.05, 0) is 80.6 Å². The van der Waals surface area contributed by atoms with Crippen molar-refractivity contribution < 1.29 is 19.0 Å². The van der Waals surface area contributed by atoms with Gasteiger partial charge in [0.2, 0.25) is 0 Å². The quantitative estimate of drug-likeness (QED) is 0.205. The van der Waals surface area contributed by atoms with Crippen molar-refractivity contribution in [3.63, 3.8) is 0 Å². The van der Waals surface area contributed by atoms with E-state index in [0.29, 0.717) is 13.2 Å². The van der Waals surface area contributed by atoms with Crippen LogP contribution >= 0.6 is 0 Å². The Morgan fingerprint density at radius 2 is 2.12 bits per heavy atom. The molecule has 1 amide bonds. The molecule has 40 heavy (non-hydrogen) atoms. The molecule has 218 valence electrons. The van der Waals surface area contributed by atoms with E-state index in [1.165, 1.54) is 17.3 Å². The summed E-state index contributed by atoms with van der Waals surface area (Å²) >= 11 is 0. The zero-order valence-corrected chi connectivity index (χ0v) is 24.7. The molecule has 0 saturated carbocycles. The highest BCUT2D eigenvalue weighted by molar-refractivity contribution is 6.03. The maximum absolute atomic E-state index is 13.1. The maximum atomic E-state index is 13.1. The molecular weight excluding hydrogens is 504 g/mol. The number of hydrogen-bond donors (Lipinski definition) is 2. The first-order chi connectivity index (χ1) is 19.5. The minimum atomic E-state index is -0.365. The van der Waals surface area contributed by atoms with Gasteiger partial charge >= 0.3 is 0 Å². The van der Waals surface area contributed by atoms with Crippen molar-refractivity contribution in [1.82, 2.24) is 9.97 Å². The van der Waals surface area contributed by atoms with Crippen LogP contribution in [0.2, 0.25) is 0 Å². The predicted molar refractivity (Wildman–Crippen MR) is 158 cm³/mol. The van der Waals surface area contributed by atoms with Crippen molar-refractivity contribution in [3.05, 3.63) is 53.1 Å². The topological polar surface area (TPSA) is 109 Å². The molecule has 1 aliphatic heterocycles. The van der Waals surface area contributed by atoms with Crippen LogP contribution in [0.15, 0.2) is 30.5 Å². The molecular formula is C32H46N4O4. The van der Waals surface area contributed by atoms with Gasteiger partial charge in [0.05, 0.1) is 18.4 Å². The number of aromatic amines is 1. The van der Waals surface area contributed by atoms with Crippen molar-refractivity contribution in [1.29, 1.82) is 5.26 Å². The average Bonchev–Trinajstić information content (AvgIpc) is 3.64. The van der Waals surface area contributed by atoms with Gasteiger partial charge in [-0.3, -0.25) is 4.79 Å². The van der Waals surface area contributed by atoms with Crippen LogP contribution in [-0.4, -0.2) is 55.5 Å². The number of unbranched alkanes of at least 4 members (excludes halogenated alkanes) is 2. The summed E-state index contributed by atoms with van der Waals surface area (Å²) in [6, 6.07) is 8.40. The third-order valence-corrected chi connectivity index (χ3v) is 7.61. The summed E-state index contributed by atoms with van der Waals surface area (Å²) in [4.78, 5) is 20.0. The molecule has 3 rings (SSSR count). The number of benzene rings is 1. The average molecular weight is 551 g/mol. The van der Waals surface area contributed by atoms with Gasteiger partial charge < -0.3 is 24.5 Å². The second-order valence-electron chi connectivity index (χ2n) is 10.7. The van der Waals surface area contributed by atoms with Gasteiger partial charge in [0.1, 0.15) is 11.8 Å². The zero-order valence-electron chi connectivity index (χ0n) is 24.7. The Morgan fingerprint density at radius 1 is 1.27 bits per heavy atom. The standard InChI is InChI=1S/C32H46N4O4/c1-5-7-11-24(12-8-6-2)28-19-25(14-15-29(28)36-31(37)30-34-22-27(21-33)35-30)26(13-9-17-38-3)20-32(23-39-4)16-10-18-40-32/h11,14-15,19,22,26H,5-10,12-13,16-18,20,23H2,1-4H3,(H,34,35)(H,36,37)/b24-11+/t26-,32+/m0/s1. The Balaban J connectivity index is 2.02. The van der Waals surface area contributed by atoms with Crippen LogP contribution in [0.3, 0.4) is 0 Å². The molecule has 2 N–H and O–H groups in total. The van der Waals surface area contributed by atoms with Gasteiger partial charge in [-0.1, -0.05) is 38.8 Å². The monoisotopic (exact) mass is 550 g/mol. The fourth-order valence-electron chi connectivity index (χ4n) is 5.56. The molecule has 0 unspecified atom stereocenters. The van der Waals surface area contributed by atoms with Gasteiger partial charge in [0.15, 0.2) is 5.82 Å². The number of nitriles is 1. The van der Waals surface area contributed by atoms with E-state index in [-0.39, 0.29) is 28.9 Å². The normalized spacial score (nSPS) is 18.0. The lowest BCUT2D eigenvalue weighted by molar-refractivity contribution is -0.0612. The number of hydrogen-bond acceptors (Lipinski definition) is 6. The van der Waals surface area contributed by atoms with Crippen molar-refractivity contribution in [3.8, 4) is 6.07 Å². The van der Waals surface area contributed by atoms with Crippen LogP contribution in [0.25, 0.3) is 5.57 Å². The lowest BCUT2D eigenvalue weighted by Crippen LogP contribution is -2.35. The number of anilines is 1. The Bertz CT molecular complexity index is 1140. The Hall–Kier alpha value is -2.99. The lowest BCUT2D eigenvalue weighted by Gasteiger charge is -2.32. The number of H-pyrrole nitrogens is 1. The van der Waals surface area contributed by atoms with Crippen LogP contribution in [0.5, 0.6) is 0 Å². The molecule has 1 aromatic carbocycles. The van der Waals surface area contributed by atoms with Crippen molar-refractivity contribution in [2.45, 2.75) is 89.6 Å². The number of ether oxygens (including phenoxy) is 3. The van der Waals surface area contributed by atoms with Crippen molar-refractivity contribution in [2.24, 2.45) is 0 Å². The molecule has 2 atom stereocenters. The summed E-state index contributed by atoms with van der Waals surface area (Å²) in [5.41, 5.74) is 4.26. The van der Waals surface area contributed by atoms with Crippen LogP contribution < -0.4 is 5.32 Å². The first kappa shape index (κ1) is 31.5. The summed E-state index contributed by atoms with van der Waals surface area (Å²) in [5, 5.41) is 12.2. The van der Waals surface area contributed by atoms with Crippen LogP contribution in [0, 0.1) is 11.3 Å². The zero-order chi connectivity index (χ0) is 28.8. The predicted octanol–water partition coefficient (Wildman–Crippen LogP) is 7.00. The van der Waals surface area contributed by atoms with Gasteiger partial charge in [-0.15, -0.1) is 0 Å². The SMILES string of the molecule is CCC/C=C(\CCCC)c1cc([C@@H](CCCOC)C[C@@]2(COC)CCCO2)ccc1NC(=O)c1ncc(C#N)[nH]1. The van der Waals surface area contributed by atoms with Crippen molar-refractivity contribution >= 4 is 17.2 Å². The molecule has 0 aliphatic carbocycles. The maximum Gasteiger partial charge on any atom is 0.291 e. The summed E-state index contributed by atoms with van der Waals surface area (Å²) < 4.78 is 17.3. The highest BCUT2D eigenvalue weighted by Crippen LogP contribution is 2.40. The number of aromatic nitrogens is 2. The number of carbonyl (C=O) groups is 1. The molecule has 1 saturated heterocycles. The summed E-state index contributed by atoms with van der Waals surface area (Å²) in [6.07, 6.45) is 13.7. The Labute approximate surface area is 239 Å². The van der Waals surface area contributed by atoms with Crippen LogP contribution in [0.4, 0.5) is 5.69 Å². The minimum absolute atomic E-state index is 0.122. The van der Waals surface area contributed by atoms with E-state index in [1.807, 2.05) is 12.1 Å². The Morgan fingerprint density at radius 3 is 2.77 bits per heavy atom. The van der Waals surface area contributed by atoms with E-state index >= 15 is 0 Å². The molecule has 8 nitrogen and oxygen atoms in total. The summed E-state index contributed by atoms with van der Waals surface area (Å²) in [5.74, 6) is 0.0150. The van der Waals surface area contributed by atoms with E-state index in [2.05, 4.69) is 47.3 Å². The number of carbonyl (C=O) groups excluding carboxylic acids is 1. The van der Waals surface area contributed by atoms with Crippen molar-refractivity contribution in [2.75, 3.05) is 39.4 Å². The van der Waals surface area contributed by atoms with E-state index in [1.54, 1.807) is 14.2 Å². The molecule has 1 aromatic heterocycles. The van der Waals surface area contributed by atoms with E-state index in [9.17, 15) is 4.79 Å². The molecule has 1 fully saturated rings. The fourth-order valence-corrected chi connectivity index (χ4v) is 5.56. The fraction of sp³-hybridized carbons (Fsp3) is 0.594. The largest absolute Gasteiger partial charge is 0.385 e. The number of imidazole rings is 1. The third-order valence-electron chi connectivity index (χ3n) is 7.61. The third kappa shape index (κ3) is 8.76. The second-order valence-corrected chi connectivity index (χ2v) is 10.7.